The minimum absolute atomic E-state index is 0.196. The summed E-state index contributed by atoms with van der Waals surface area (Å²) >= 11 is 1.71. The molecule has 0 radical (unpaired) electrons. The predicted octanol–water partition coefficient (Wildman–Crippen LogP) is 3.80. The molecule has 0 bridgehead atoms. The van der Waals surface area contributed by atoms with Crippen molar-refractivity contribution in [3.8, 4) is 6.07 Å². The lowest BCUT2D eigenvalue weighted by Crippen LogP contribution is -2.18. The SMILES string of the molecule is CC(Cc1cccs1)Nc1ccc(F)cc1C#N. The number of nitrogens with one attached hydrogen (secondary N) is 1. The highest BCUT2D eigenvalue weighted by molar-refractivity contribution is 7.09. The zero-order valence-electron chi connectivity index (χ0n) is 9.98. The Hall–Kier alpha value is -1.86. The zero-order chi connectivity index (χ0) is 13.0. The van der Waals surface area contributed by atoms with Gasteiger partial charge in [0.15, 0.2) is 0 Å². The van der Waals surface area contributed by atoms with E-state index in [-0.39, 0.29) is 11.9 Å². The Balaban J connectivity index is 2.07. The fourth-order valence-electron chi connectivity index (χ4n) is 1.78. The van der Waals surface area contributed by atoms with E-state index in [9.17, 15) is 4.39 Å². The summed E-state index contributed by atoms with van der Waals surface area (Å²) in [6, 6.07) is 10.5. The van der Waals surface area contributed by atoms with E-state index in [1.54, 1.807) is 17.4 Å². The van der Waals surface area contributed by atoms with Crippen LogP contribution < -0.4 is 5.32 Å². The molecule has 1 atom stereocenters. The summed E-state index contributed by atoms with van der Waals surface area (Å²) in [5, 5.41) is 14.2. The first-order chi connectivity index (χ1) is 8.69. The Morgan fingerprint density at radius 1 is 1.44 bits per heavy atom. The van der Waals surface area contributed by atoms with Crippen LogP contribution in [0.1, 0.15) is 17.4 Å². The van der Waals surface area contributed by atoms with Crippen LogP contribution in [0.2, 0.25) is 0 Å². The first-order valence-corrected chi connectivity index (χ1v) is 6.55. The molecule has 0 amide bonds. The van der Waals surface area contributed by atoms with Crippen LogP contribution in [0.5, 0.6) is 0 Å². The molecule has 1 heterocycles. The van der Waals surface area contributed by atoms with Crippen LogP contribution in [0.4, 0.5) is 10.1 Å². The summed E-state index contributed by atoms with van der Waals surface area (Å²) in [7, 11) is 0. The van der Waals surface area contributed by atoms with Crippen molar-refractivity contribution in [1.82, 2.24) is 0 Å². The van der Waals surface area contributed by atoms with Gasteiger partial charge in [0.2, 0.25) is 0 Å². The molecule has 0 aliphatic heterocycles. The molecule has 1 aromatic carbocycles. The minimum Gasteiger partial charge on any atom is -0.381 e. The van der Waals surface area contributed by atoms with E-state index in [0.717, 1.165) is 6.42 Å². The van der Waals surface area contributed by atoms with Gasteiger partial charge in [0, 0.05) is 17.3 Å². The van der Waals surface area contributed by atoms with E-state index in [0.29, 0.717) is 11.3 Å². The Labute approximate surface area is 110 Å². The average Bonchev–Trinajstić information content (AvgIpc) is 2.84. The van der Waals surface area contributed by atoms with Crippen molar-refractivity contribution in [2.75, 3.05) is 5.32 Å². The monoisotopic (exact) mass is 260 g/mol. The largest absolute Gasteiger partial charge is 0.381 e. The second-order valence-corrected chi connectivity index (χ2v) is 5.16. The van der Waals surface area contributed by atoms with E-state index < -0.39 is 0 Å². The van der Waals surface area contributed by atoms with Crippen LogP contribution in [-0.2, 0) is 6.42 Å². The molecule has 0 spiro atoms. The quantitative estimate of drug-likeness (QED) is 0.907. The van der Waals surface area contributed by atoms with Crippen LogP contribution >= 0.6 is 11.3 Å². The lowest BCUT2D eigenvalue weighted by Gasteiger charge is -2.15. The van der Waals surface area contributed by atoms with Crippen LogP contribution in [-0.4, -0.2) is 6.04 Å². The molecule has 0 aliphatic carbocycles. The standard InChI is InChI=1S/C14H13FN2S/c1-10(7-13-3-2-6-18-13)17-14-5-4-12(15)8-11(14)9-16/h2-6,8,10,17H,7H2,1H3. The van der Waals surface area contributed by atoms with Gasteiger partial charge >= 0.3 is 0 Å². The normalized spacial score (nSPS) is 11.8. The number of anilines is 1. The van der Waals surface area contributed by atoms with Gasteiger partial charge in [-0.3, -0.25) is 0 Å². The molecule has 4 heteroatoms. The summed E-state index contributed by atoms with van der Waals surface area (Å²) in [6.07, 6.45) is 0.889. The molecule has 1 N–H and O–H groups in total. The molecule has 2 aromatic rings. The Kier molecular flexibility index (Phi) is 3.96. The fraction of sp³-hybridized carbons (Fsp3) is 0.214. The highest BCUT2D eigenvalue weighted by Crippen LogP contribution is 2.19. The summed E-state index contributed by atoms with van der Waals surface area (Å²) in [5.41, 5.74) is 1.02. The van der Waals surface area contributed by atoms with Crippen molar-refractivity contribution in [3.05, 3.63) is 52.0 Å². The minimum atomic E-state index is -0.386. The van der Waals surface area contributed by atoms with E-state index in [2.05, 4.69) is 11.4 Å². The van der Waals surface area contributed by atoms with Crippen molar-refractivity contribution in [2.24, 2.45) is 0 Å². The van der Waals surface area contributed by atoms with Crippen LogP contribution in [0.25, 0.3) is 0 Å². The molecule has 2 rings (SSSR count). The molecule has 0 fully saturated rings. The van der Waals surface area contributed by atoms with Gasteiger partial charge in [0.25, 0.3) is 0 Å². The maximum Gasteiger partial charge on any atom is 0.124 e. The molecule has 0 saturated heterocycles. The highest BCUT2D eigenvalue weighted by Gasteiger charge is 2.08. The molecular weight excluding hydrogens is 247 g/mol. The van der Waals surface area contributed by atoms with Crippen molar-refractivity contribution in [1.29, 1.82) is 5.26 Å². The first-order valence-electron chi connectivity index (χ1n) is 5.67. The summed E-state index contributed by atoms with van der Waals surface area (Å²) in [4.78, 5) is 1.29. The number of nitriles is 1. The Morgan fingerprint density at radius 3 is 2.94 bits per heavy atom. The number of thiophene rings is 1. The Bertz CT molecular complexity index is 558. The van der Waals surface area contributed by atoms with E-state index in [1.165, 1.54) is 17.0 Å². The third-order valence-electron chi connectivity index (χ3n) is 2.59. The third kappa shape index (κ3) is 3.08. The van der Waals surface area contributed by atoms with Gasteiger partial charge in [0.1, 0.15) is 11.9 Å². The summed E-state index contributed by atoms with van der Waals surface area (Å²) in [5.74, 6) is -0.386. The highest BCUT2D eigenvalue weighted by atomic mass is 32.1. The van der Waals surface area contributed by atoms with E-state index in [1.807, 2.05) is 24.4 Å². The predicted molar refractivity (Wildman–Crippen MR) is 72.2 cm³/mol. The van der Waals surface area contributed by atoms with Gasteiger partial charge in [-0.1, -0.05) is 6.07 Å². The maximum atomic E-state index is 13.0. The lowest BCUT2D eigenvalue weighted by atomic mass is 10.1. The second-order valence-electron chi connectivity index (χ2n) is 4.13. The first kappa shape index (κ1) is 12.6. The molecule has 1 unspecified atom stereocenters. The van der Waals surface area contributed by atoms with Gasteiger partial charge in [0.05, 0.1) is 11.3 Å². The van der Waals surface area contributed by atoms with Gasteiger partial charge in [-0.25, -0.2) is 4.39 Å². The smallest absolute Gasteiger partial charge is 0.124 e. The lowest BCUT2D eigenvalue weighted by molar-refractivity contribution is 0.627. The molecule has 18 heavy (non-hydrogen) atoms. The topological polar surface area (TPSA) is 35.8 Å². The van der Waals surface area contributed by atoms with Crippen molar-refractivity contribution in [2.45, 2.75) is 19.4 Å². The van der Waals surface area contributed by atoms with Crippen molar-refractivity contribution in [3.63, 3.8) is 0 Å². The second kappa shape index (κ2) is 5.65. The zero-order valence-corrected chi connectivity index (χ0v) is 10.8. The molecular formula is C14H13FN2S. The van der Waals surface area contributed by atoms with E-state index in [4.69, 9.17) is 5.26 Å². The fourth-order valence-corrected chi connectivity index (χ4v) is 2.62. The molecule has 0 aliphatic rings. The number of halogens is 1. The number of benzene rings is 1. The van der Waals surface area contributed by atoms with Gasteiger partial charge in [-0.2, -0.15) is 5.26 Å². The van der Waals surface area contributed by atoms with Gasteiger partial charge in [-0.05, 0) is 36.6 Å². The molecule has 2 nitrogen and oxygen atoms in total. The number of hydrogen-bond acceptors (Lipinski definition) is 3. The van der Waals surface area contributed by atoms with E-state index >= 15 is 0 Å². The number of nitrogens with zero attached hydrogens (tertiary/aromatic N) is 1. The van der Waals surface area contributed by atoms with Gasteiger partial charge < -0.3 is 5.32 Å². The van der Waals surface area contributed by atoms with Crippen LogP contribution in [0, 0.1) is 17.1 Å². The molecule has 0 saturated carbocycles. The number of rotatable bonds is 4. The summed E-state index contributed by atoms with van der Waals surface area (Å²) in [6.45, 7) is 2.05. The van der Waals surface area contributed by atoms with Gasteiger partial charge in [-0.15, -0.1) is 11.3 Å². The van der Waals surface area contributed by atoms with Crippen LogP contribution in [0.15, 0.2) is 35.7 Å². The summed E-state index contributed by atoms with van der Waals surface area (Å²) < 4.78 is 13.0. The van der Waals surface area contributed by atoms with Crippen LogP contribution in [0.3, 0.4) is 0 Å². The third-order valence-corrected chi connectivity index (χ3v) is 3.49. The van der Waals surface area contributed by atoms with Crippen molar-refractivity contribution >= 4 is 17.0 Å². The molecule has 92 valence electrons. The number of hydrogen-bond donors (Lipinski definition) is 1. The Morgan fingerprint density at radius 2 is 2.28 bits per heavy atom. The molecule has 1 aromatic heterocycles. The maximum absolute atomic E-state index is 13.0. The average molecular weight is 260 g/mol. The van der Waals surface area contributed by atoms with Crippen molar-refractivity contribution < 1.29 is 4.39 Å².